The molecule has 0 radical (unpaired) electrons. The molecule has 3 aromatic rings. The molecular formula is C34H35FO8. The van der Waals surface area contributed by atoms with Gasteiger partial charge in [-0.2, -0.15) is 4.39 Å². The minimum atomic E-state index is -1.21. The molecule has 3 aromatic carbocycles. The minimum Gasteiger partial charge on any atom is -0.493 e. The molecule has 0 fully saturated rings. The Morgan fingerprint density at radius 2 is 1.35 bits per heavy atom. The molecule has 8 nitrogen and oxygen atoms in total. The lowest BCUT2D eigenvalue weighted by Gasteiger charge is -2.12. The first-order valence-electron chi connectivity index (χ1n) is 13.7. The van der Waals surface area contributed by atoms with Crippen LogP contribution < -0.4 is 14.2 Å². The van der Waals surface area contributed by atoms with E-state index in [0.717, 1.165) is 48.1 Å². The fourth-order valence-corrected chi connectivity index (χ4v) is 3.93. The first-order valence-corrected chi connectivity index (χ1v) is 13.7. The van der Waals surface area contributed by atoms with Gasteiger partial charge in [-0.3, -0.25) is 0 Å². The van der Waals surface area contributed by atoms with Crippen molar-refractivity contribution >= 4 is 17.9 Å². The van der Waals surface area contributed by atoms with Crippen LogP contribution in [0.15, 0.2) is 91.3 Å². The van der Waals surface area contributed by atoms with E-state index in [4.69, 9.17) is 23.7 Å². The topological polar surface area (TPSA) is 97.4 Å². The Hall–Kier alpha value is -4.76. The number of hydrogen-bond donors (Lipinski definition) is 0. The van der Waals surface area contributed by atoms with Gasteiger partial charge in [-0.25, -0.2) is 14.4 Å². The molecule has 0 aliphatic carbocycles. The van der Waals surface area contributed by atoms with Gasteiger partial charge >= 0.3 is 17.9 Å². The average molecular weight is 591 g/mol. The molecule has 0 aliphatic rings. The molecule has 0 saturated heterocycles. The molecule has 0 bridgehead atoms. The monoisotopic (exact) mass is 590 g/mol. The molecular weight excluding hydrogens is 555 g/mol. The lowest BCUT2D eigenvalue weighted by atomic mass is 10.0. The number of esters is 3. The zero-order valence-electron chi connectivity index (χ0n) is 24.4. The molecule has 0 unspecified atom stereocenters. The number of carbonyl (C=O) groups excluding carboxylic acids is 3. The van der Waals surface area contributed by atoms with Crippen LogP contribution >= 0.6 is 0 Å². The van der Waals surface area contributed by atoms with Crippen molar-refractivity contribution in [2.75, 3.05) is 26.9 Å². The predicted octanol–water partition coefficient (Wildman–Crippen LogP) is 6.95. The average Bonchev–Trinajstić information content (AvgIpc) is 2.99. The molecule has 0 N–H and O–H groups in total. The fourth-order valence-electron chi connectivity index (χ4n) is 3.93. The Labute approximate surface area is 250 Å². The molecule has 9 heteroatoms. The summed E-state index contributed by atoms with van der Waals surface area (Å²) in [6, 6.07) is 18.6. The van der Waals surface area contributed by atoms with Crippen LogP contribution in [0.5, 0.6) is 17.2 Å². The fraction of sp³-hybridized carbons (Fsp3) is 0.265. The lowest BCUT2D eigenvalue weighted by Crippen LogP contribution is -2.11. The summed E-state index contributed by atoms with van der Waals surface area (Å²) >= 11 is 0. The number of aryl methyl sites for hydroxylation is 1. The number of rotatable bonds is 16. The van der Waals surface area contributed by atoms with Crippen molar-refractivity contribution in [3.8, 4) is 28.4 Å². The Balaban J connectivity index is 1.41. The van der Waals surface area contributed by atoms with Gasteiger partial charge in [0.15, 0.2) is 0 Å². The number of halogens is 1. The van der Waals surface area contributed by atoms with Gasteiger partial charge in [0.05, 0.1) is 31.0 Å². The Kier molecular flexibility index (Phi) is 12.7. The second kappa shape index (κ2) is 16.6. The summed E-state index contributed by atoms with van der Waals surface area (Å²) in [6.07, 6.45) is 3.56. The van der Waals surface area contributed by atoms with Crippen LogP contribution in [0.1, 0.15) is 41.6 Å². The van der Waals surface area contributed by atoms with E-state index in [0.29, 0.717) is 24.5 Å². The second-order valence-corrected chi connectivity index (χ2v) is 9.65. The van der Waals surface area contributed by atoms with E-state index in [1.807, 2.05) is 37.3 Å². The Morgan fingerprint density at radius 3 is 1.98 bits per heavy atom. The summed E-state index contributed by atoms with van der Waals surface area (Å²) in [5.41, 5.74) is 3.49. The molecule has 0 aromatic heterocycles. The standard InChI is InChI=1S/C34H35FO8/c1-23-21-28(13-18-31(23)40-19-7-5-6-8-20-41-32(36)24(2)22-39-4)26-9-14-30(15-10-26)43-34(38)27-11-16-29(17-12-27)42-33(37)25(3)35/h9-18,21H,2-3,5-8,19-20,22H2,1,4H3. The smallest absolute Gasteiger partial charge is 0.371 e. The maximum atomic E-state index is 12.8. The van der Waals surface area contributed by atoms with Crippen LogP contribution in [0.4, 0.5) is 4.39 Å². The van der Waals surface area contributed by atoms with E-state index in [9.17, 15) is 18.8 Å². The molecule has 226 valence electrons. The second-order valence-electron chi connectivity index (χ2n) is 9.65. The van der Waals surface area contributed by atoms with Crippen molar-refractivity contribution in [1.82, 2.24) is 0 Å². The van der Waals surface area contributed by atoms with Gasteiger partial charge in [-0.05, 0) is 97.8 Å². The highest BCUT2D eigenvalue weighted by Crippen LogP contribution is 2.28. The van der Waals surface area contributed by atoms with Crippen LogP contribution in [-0.2, 0) is 19.1 Å². The maximum absolute atomic E-state index is 12.8. The van der Waals surface area contributed by atoms with Gasteiger partial charge < -0.3 is 23.7 Å². The van der Waals surface area contributed by atoms with Crippen molar-refractivity contribution in [3.05, 3.63) is 102 Å². The van der Waals surface area contributed by atoms with Gasteiger partial charge in [-0.1, -0.05) is 31.4 Å². The Morgan fingerprint density at radius 1 is 0.744 bits per heavy atom. The highest BCUT2D eigenvalue weighted by molar-refractivity contribution is 5.91. The first kappa shape index (κ1) is 32.8. The van der Waals surface area contributed by atoms with E-state index >= 15 is 0 Å². The summed E-state index contributed by atoms with van der Waals surface area (Å²) in [5, 5.41) is 0. The molecule has 0 spiro atoms. The quantitative estimate of drug-likeness (QED) is 0.0765. The highest BCUT2D eigenvalue weighted by Gasteiger charge is 2.13. The van der Waals surface area contributed by atoms with E-state index in [1.54, 1.807) is 12.1 Å². The van der Waals surface area contributed by atoms with E-state index in [2.05, 4.69) is 13.2 Å². The molecule has 43 heavy (non-hydrogen) atoms. The largest absolute Gasteiger partial charge is 0.493 e. The summed E-state index contributed by atoms with van der Waals surface area (Å²) in [5.74, 6) is -2.16. The summed E-state index contributed by atoms with van der Waals surface area (Å²) in [6.45, 7) is 9.61. The zero-order valence-corrected chi connectivity index (χ0v) is 24.4. The van der Waals surface area contributed by atoms with Crippen LogP contribution in [0.2, 0.25) is 0 Å². The summed E-state index contributed by atoms with van der Waals surface area (Å²) in [7, 11) is 1.50. The number of hydrogen-bond acceptors (Lipinski definition) is 8. The zero-order chi connectivity index (χ0) is 31.2. The molecule has 0 amide bonds. The van der Waals surface area contributed by atoms with Gasteiger partial charge in [0.2, 0.25) is 5.83 Å². The number of benzene rings is 3. The van der Waals surface area contributed by atoms with E-state index < -0.39 is 23.7 Å². The summed E-state index contributed by atoms with van der Waals surface area (Å²) in [4.78, 5) is 35.4. The van der Waals surface area contributed by atoms with Gasteiger partial charge in [0.25, 0.3) is 0 Å². The molecule has 3 rings (SSSR count). The Bertz CT molecular complexity index is 1430. The van der Waals surface area contributed by atoms with Crippen molar-refractivity contribution in [3.63, 3.8) is 0 Å². The molecule has 0 heterocycles. The van der Waals surface area contributed by atoms with E-state index in [1.165, 1.54) is 31.4 Å². The third-order valence-corrected chi connectivity index (χ3v) is 6.23. The third-order valence-electron chi connectivity index (χ3n) is 6.23. The van der Waals surface area contributed by atoms with Crippen LogP contribution in [0.25, 0.3) is 11.1 Å². The number of unbranched alkanes of at least 4 members (excludes halogenated alkanes) is 3. The summed E-state index contributed by atoms with van der Waals surface area (Å²) < 4.78 is 39.0. The van der Waals surface area contributed by atoms with Gasteiger partial charge in [-0.15, -0.1) is 0 Å². The van der Waals surface area contributed by atoms with Crippen LogP contribution in [0, 0.1) is 6.92 Å². The van der Waals surface area contributed by atoms with Crippen molar-refractivity contribution in [1.29, 1.82) is 0 Å². The van der Waals surface area contributed by atoms with Crippen molar-refractivity contribution in [2.24, 2.45) is 0 Å². The van der Waals surface area contributed by atoms with Gasteiger partial charge in [0.1, 0.15) is 17.2 Å². The number of methoxy groups -OCH3 is 1. The highest BCUT2D eigenvalue weighted by atomic mass is 19.1. The minimum absolute atomic E-state index is 0.0783. The predicted molar refractivity (Wildman–Crippen MR) is 160 cm³/mol. The lowest BCUT2D eigenvalue weighted by molar-refractivity contribution is -0.139. The van der Waals surface area contributed by atoms with Crippen LogP contribution in [0.3, 0.4) is 0 Å². The number of carbonyl (C=O) groups is 3. The normalized spacial score (nSPS) is 10.5. The third kappa shape index (κ3) is 10.5. The van der Waals surface area contributed by atoms with Gasteiger partial charge in [0, 0.05) is 7.11 Å². The molecule has 0 saturated carbocycles. The van der Waals surface area contributed by atoms with Crippen LogP contribution in [-0.4, -0.2) is 44.8 Å². The molecule has 0 aliphatic heterocycles. The van der Waals surface area contributed by atoms with Crippen molar-refractivity contribution in [2.45, 2.75) is 32.6 Å². The first-order chi connectivity index (χ1) is 20.7. The van der Waals surface area contributed by atoms with Crippen molar-refractivity contribution < 1.29 is 42.5 Å². The van der Waals surface area contributed by atoms with E-state index in [-0.39, 0.29) is 17.9 Å². The number of ether oxygens (including phenoxy) is 5. The SMILES string of the molecule is C=C(F)C(=O)Oc1ccc(C(=O)Oc2ccc(-c3ccc(OCCCCCCOC(=O)C(=C)COC)c(C)c3)cc2)cc1. The maximum Gasteiger partial charge on any atom is 0.371 e. The molecule has 0 atom stereocenters.